The van der Waals surface area contributed by atoms with Gasteiger partial charge in [-0.05, 0) is 62.8 Å². The highest BCUT2D eigenvalue weighted by Crippen LogP contribution is 2.44. The highest BCUT2D eigenvalue weighted by atomic mass is 32.2. The standard InChI is InChI=1S/C25H26F4N2O7S/c1-24(2,25(27,28)29)38-23(34)30-16-11-19(26)22-20(12-16)31(13-17(37-22)8-9-21(32)33)39(35,36)18-5-3-4-15(10-18)14-6-7-14/h3-5,10-12,14,17H,6-9,13H2,1-2H3,(H,30,34)(H,32,33). The zero-order valence-electron chi connectivity index (χ0n) is 20.9. The van der Waals surface area contributed by atoms with Gasteiger partial charge >= 0.3 is 18.2 Å². The van der Waals surface area contributed by atoms with Crippen LogP contribution in [0.3, 0.4) is 0 Å². The lowest BCUT2D eigenvalue weighted by Gasteiger charge is -2.36. The summed E-state index contributed by atoms with van der Waals surface area (Å²) in [5.41, 5.74) is -2.73. The van der Waals surface area contributed by atoms with Crippen molar-refractivity contribution in [3.63, 3.8) is 0 Å². The second kappa shape index (κ2) is 10.2. The molecule has 0 spiro atoms. The molecule has 14 heteroatoms. The normalized spacial score (nSPS) is 17.7. The van der Waals surface area contributed by atoms with Gasteiger partial charge in [0.25, 0.3) is 10.0 Å². The average Bonchev–Trinajstić information content (AvgIpc) is 3.67. The van der Waals surface area contributed by atoms with Crippen molar-refractivity contribution in [3.8, 4) is 5.75 Å². The van der Waals surface area contributed by atoms with E-state index in [1.807, 2.05) is 5.32 Å². The molecule has 0 saturated heterocycles. The molecular weight excluding hydrogens is 548 g/mol. The lowest BCUT2D eigenvalue weighted by atomic mass is 10.1. The van der Waals surface area contributed by atoms with Crippen molar-refractivity contribution in [2.45, 2.75) is 68.2 Å². The molecule has 212 valence electrons. The summed E-state index contributed by atoms with van der Waals surface area (Å²) in [7, 11) is -4.34. The van der Waals surface area contributed by atoms with Crippen LogP contribution in [0.5, 0.6) is 5.75 Å². The Morgan fingerprint density at radius 1 is 1.18 bits per heavy atom. The highest BCUT2D eigenvalue weighted by molar-refractivity contribution is 7.92. The van der Waals surface area contributed by atoms with Crippen LogP contribution in [-0.4, -0.2) is 50.0 Å². The number of benzene rings is 2. The molecule has 4 rings (SSSR count). The minimum Gasteiger partial charge on any atom is -0.483 e. The number of sulfonamides is 1. The van der Waals surface area contributed by atoms with Crippen LogP contribution in [-0.2, 0) is 19.6 Å². The van der Waals surface area contributed by atoms with Crippen molar-refractivity contribution in [3.05, 3.63) is 47.8 Å². The van der Waals surface area contributed by atoms with E-state index in [9.17, 15) is 31.2 Å². The van der Waals surface area contributed by atoms with Gasteiger partial charge in [-0.2, -0.15) is 13.2 Å². The van der Waals surface area contributed by atoms with Crippen LogP contribution in [0.15, 0.2) is 41.3 Å². The van der Waals surface area contributed by atoms with Crippen molar-refractivity contribution in [1.29, 1.82) is 0 Å². The Hall–Kier alpha value is -3.55. The van der Waals surface area contributed by atoms with E-state index in [1.165, 1.54) is 12.1 Å². The first-order valence-corrected chi connectivity index (χ1v) is 13.4. The maximum Gasteiger partial charge on any atom is 0.427 e. The Kier molecular flexibility index (Phi) is 7.45. The van der Waals surface area contributed by atoms with Crippen molar-refractivity contribution in [2.75, 3.05) is 16.2 Å². The maximum absolute atomic E-state index is 15.2. The molecule has 0 bridgehead atoms. The van der Waals surface area contributed by atoms with Gasteiger partial charge in [-0.15, -0.1) is 0 Å². The minimum atomic E-state index is -4.88. The molecule has 2 aromatic carbocycles. The zero-order chi connectivity index (χ0) is 28.8. The Morgan fingerprint density at radius 2 is 1.87 bits per heavy atom. The fourth-order valence-corrected chi connectivity index (χ4v) is 5.56. The molecule has 9 nitrogen and oxygen atoms in total. The number of anilines is 2. The van der Waals surface area contributed by atoms with Crippen LogP contribution >= 0.6 is 0 Å². The number of amides is 1. The summed E-state index contributed by atoms with van der Waals surface area (Å²) in [6, 6.07) is 8.05. The molecule has 2 aliphatic rings. The predicted octanol–water partition coefficient (Wildman–Crippen LogP) is 5.41. The van der Waals surface area contributed by atoms with Gasteiger partial charge in [0.2, 0.25) is 5.60 Å². The molecule has 1 amide bonds. The molecule has 2 N–H and O–H groups in total. The molecule has 1 fully saturated rings. The van der Waals surface area contributed by atoms with Crippen LogP contribution in [0.1, 0.15) is 51.0 Å². The first kappa shape index (κ1) is 28.5. The second-order valence-electron chi connectivity index (χ2n) is 9.88. The van der Waals surface area contributed by atoms with E-state index in [4.69, 9.17) is 9.84 Å². The third kappa shape index (κ3) is 6.21. The van der Waals surface area contributed by atoms with Crippen molar-refractivity contribution in [1.82, 2.24) is 0 Å². The van der Waals surface area contributed by atoms with E-state index >= 15 is 4.39 Å². The van der Waals surface area contributed by atoms with Crippen LogP contribution in [0.25, 0.3) is 0 Å². The lowest BCUT2D eigenvalue weighted by molar-refractivity contribution is -0.242. The molecule has 1 aliphatic heterocycles. The van der Waals surface area contributed by atoms with E-state index in [2.05, 4.69) is 4.74 Å². The molecule has 1 saturated carbocycles. The van der Waals surface area contributed by atoms with Crippen LogP contribution in [0.2, 0.25) is 0 Å². The fourth-order valence-electron chi connectivity index (χ4n) is 4.01. The van der Waals surface area contributed by atoms with E-state index in [-0.39, 0.29) is 41.6 Å². The number of hydrogen-bond acceptors (Lipinski definition) is 6. The largest absolute Gasteiger partial charge is 0.483 e. The number of hydrogen-bond donors (Lipinski definition) is 2. The van der Waals surface area contributed by atoms with Gasteiger partial charge in [-0.1, -0.05) is 12.1 Å². The first-order chi connectivity index (χ1) is 18.1. The SMILES string of the molecule is CC(C)(OC(=O)Nc1cc(F)c2c(c1)N(S(=O)(=O)c1cccc(C3CC3)c1)CC(CCC(=O)O)O2)C(F)(F)F. The molecule has 1 unspecified atom stereocenters. The van der Waals surface area contributed by atoms with E-state index in [0.717, 1.165) is 34.8 Å². The number of nitrogens with zero attached hydrogens (tertiary/aromatic N) is 1. The van der Waals surface area contributed by atoms with E-state index in [0.29, 0.717) is 13.8 Å². The summed E-state index contributed by atoms with van der Waals surface area (Å²) < 4.78 is 92.9. The van der Waals surface area contributed by atoms with Gasteiger partial charge < -0.3 is 14.6 Å². The molecule has 0 aromatic heterocycles. The first-order valence-electron chi connectivity index (χ1n) is 12.0. The van der Waals surface area contributed by atoms with Crippen LogP contribution in [0, 0.1) is 5.82 Å². The van der Waals surface area contributed by atoms with Crippen LogP contribution < -0.4 is 14.4 Å². The molecular formula is C25H26F4N2O7S. The van der Waals surface area contributed by atoms with Gasteiger partial charge in [0.1, 0.15) is 6.10 Å². The Labute approximate surface area is 221 Å². The second-order valence-corrected chi connectivity index (χ2v) is 11.7. The summed E-state index contributed by atoms with van der Waals surface area (Å²) in [5.74, 6) is -2.55. The van der Waals surface area contributed by atoms with Gasteiger partial charge in [-0.3, -0.25) is 14.4 Å². The maximum atomic E-state index is 15.2. The average molecular weight is 575 g/mol. The number of halogens is 4. The molecule has 1 atom stereocenters. The van der Waals surface area contributed by atoms with Crippen molar-refractivity contribution in [2.24, 2.45) is 0 Å². The number of nitrogens with one attached hydrogen (secondary N) is 1. The number of carboxylic acid groups (broad SMARTS) is 1. The fraction of sp³-hybridized carbons (Fsp3) is 0.440. The number of carbonyl (C=O) groups is 2. The lowest BCUT2D eigenvalue weighted by Crippen LogP contribution is -2.44. The predicted molar refractivity (Wildman–Crippen MR) is 131 cm³/mol. The van der Waals surface area contributed by atoms with Gasteiger partial charge in [0, 0.05) is 18.2 Å². The third-order valence-electron chi connectivity index (χ3n) is 6.40. The highest BCUT2D eigenvalue weighted by Gasteiger charge is 2.51. The minimum absolute atomic E-state index is 0.0816. The monoisotopic (exact) mass is 574 g/mol. The molecule has 1 aliphatic carbocycles. The quantitative estimate of drug-likeness (QED) is 0.404. The number of aliphatic carboxylic acids is 1. The summed E-state index contributed by atoms with van der Waals surface area (Å²) in [6.07, 6.45) is -6.09. The molecule has 39 heavy (non-hydrogen) atoms. The number of carboxylic acids is 1. The number of carbonyl (C=O) groups excluding carboxylic acids is 1. The Balaban J connectivity index is 1.70. The van der Waals surface area contributed by atoms with Gasteiger partial charge in [-0.25, -0.2) is 17.6 Å². The number of rotatable bonds is 8. The third-order valence-corrected chi connectivity index (χ3v) is 8.17. The van der Waals surface area contributed by atoms with Crippen molar-refractivity contribution < 1.29 is 50.1 Å². The van der Waals surface area contributed by atoms with E-state index in [1.54, 1.807) is 12.1 Å². The summed E-state index contributed by atoms with van der Waals surface area (Å²) in [6.45, 7) is 0.898. The van der Waals surface area contributed by atoms with E-state index < -0.39 is 51.5 Å². The molecule has 0 radical (unpaired) electrons. The van der Waals surface area contributed by atoms with Crippen molar-refractivity contribution >= 4 is 33.5 Å². The number of fused-ring (bicyclic) bond motifs is 1. The number of ether oxygens (including phenoxy) is 2. The summed E-state index contributed by atoms with van der Waals surface area (Å²) in [4.78, 5) is 23.2. The van der Waals surface area contributed by atoms with Crippen LogP contribution in [0.4, 0.5) is 33.7 Å². The summed E-state index contributed by atoms with van der Waals surface area (Å²) >= 11 is 0. The zero-order valence-corrected chi connectivity index (χ0v) is 21.7. The molecule has 2 aromatic rings. The van der Waals surface area contributed by atoms with Gasteiger partial charge in [0.15, 0.2) is 11.6 Å². The molecule has 1 heterocycles. The Bertz CT molecular complexity index is 1390. The summed E-state index contributed by atoms with van der Waals surface area (Å²) in [5, 5.41) is 11.1. The topological polar surface area (TPSA) is 122 Å². The Morgan fingerprint density at radius 3 is 2.49 bits per heavy atom. The van der Waals surface area contributed by atoms with Gasteiger partial charge in [0.05, 0.1) is 17.1 Å². The number of alkyl halides is 3. The smallest absolute Gasteiger partial charge is 0.427 e.